The fraction of sp³-hybridized carbons (Fsp3) is 0. The topological polar surface area (TPSA) is 53.6 Å². The smallest absolute Gasteiger partial charge is 1.00 e. The van der Waals surface area contributed by atoms with Crippen LogP contribution in [0.3, 0.4) is 0 Å². The largest absolute Gasteiger partial charge is 2.00 e. The van der Waals surface area contributed by atoms with Crippen molar-refractivity contribution in [3.63, 3.8) is 0 Å². The molecule has 10 heteroatoms. The quantitative estimate of drug-likeness (QED) is 0.507. The van der Waals surface area contributed by atoms with E-state index in [1.54, 1.807) is 0 Å². The van der Waals surface area contributed by atoms with Crippen molar-refractivity contribution in [2.75, 3.05) is 0 Å². The van der Waals surface area contributed by atoms with E-state index >= 15 is 0 Å². The van der Waals surface area contributed by atoms with Crippen LogP contribution >= 0.6 is 0 Å². The van der Waals surface area contributed by atoms with Crippen molar-refractivity contribution in [3.05, 3.63) is 18.6 Å². The molecular weight excluding hydrogens is 297 g/mol. The molecule has 74 valence electrons. The summed E-state index contributed by atoms with van der Waals surface area (Å²) >= 11 is 0. The molecule has 0 aliphatic heterocycles. The van der Waals surface area contributed by atoms with Gasteiger partial charge in [-0.25, -0.2) is 0 Å². The molecule has 0 saturated heterocycles. The zero-order valence-electron chi connectivity index (χ0n) is 7.04. The summed E-state index contributed by atoms with van der Waals surface area (Å²) in [6.45, 7) is 0. The van der Waals surface area contributed by atoms with Gasteiger partial charge in [-0.1, -0.05) is 0 Å². The van der Waals surface area contributed by atoms with E-state index in [4.69, 9.17) is 10.0 Å². The van der Waals surface area contributed by atoms with Crippen LogP contribution in [0.4, 0.5) is 0 Å². The summed E-state index contributed by atoms with van der Waals surface area (Å²) in [5.74, 6) is 0. The van der Waals surface area contributed by atoms with Crippen molar-refractivity contribution >= 4 is 58.7 Å². The number of hydrogen-bond donors (Lipinski definition) is 2. The molecule has 0 bridgehead atoms. The number of halogens is 4. The van der Waals surface area contributed by atoms with Gasteiger partial charge in [0.2, 0.25) is 0 Å². The Labute approximate surface area is 140 Å². The summed E-state index contributed by atoms with van der Waals surface area (Å²) < 4.78 is 4.56. The fourth-order valence-corrected chi connectivity index (χ4v) is 0.422. The molecule has 3 nitrogen and oxygen atoms in total. The average Bonchev–Trinajstić information content (AvgIpc) is 2.12. The Morgan fingerprint density at radius 3 is 1.57 bits per heavy atom. The van der Waals surface area contributed by atoms with E-state index in [9.17, 15) is 0 Å². The van der Waals surface area contributed by atoms with Crippen LogP contribution in [0.1, 0.15) is 0 Å². The average molecular weight is 302 g/mol. The van der Waals surface area contributed by atoms with Crippen LogP contribution in [0.25, 0.3) is 0 Å². The van der Waals surface area contributed by atoms with Crippen molar-refractivity contribution in [2.45, 2.75) is 0 Å². The molecule has 0 aliphatic carbocycles. The van der Waals surface area contributed by atoms with E-state index in [1.165, 1.54) is 18.6 Å². The molecule has 1 rings (SSSR count). The Hall–Kier alpha value is 1.96. The molecule has 2 N–H and O–H groups in total. The van der Waals surface area contributed by atoms with Crippen LogP contribution < -0.4 is 55.1 Å². The van der Waals surface area contributed by atoms with Crippen LogP contribution in [0.5, 0.6) is 0 Å². The van der Waals surface area contributed by atoms with Gasteiger partial charge >= 0.3 is 53.2 Å². The maximum absolute atomic E-state index is 8.41. The summed E-state index contributed by atoms with van der Waals surface area (Å²) in [5.41, 5.74) is 0.380. The second-order valence-corrected chi connectivity index (χ2v) is 1.43. The fourth-order valence-electron chi connectivity index (χ4n) is 0.422. The molecule has 14 heavy (non-hydrogen) atoms. The third kappa shape index (κ3) is 14.0. The standard InChI is InChI=1S/C4H5BO3.4ClH.2Mg/c6-5(7)4-1-2-8-3-4;;;;;;/h1-3,6-7H;4*1H;;/q;;;;;2*+2/p-4. The maximum Gasteiger partial charge on any atom is 2.00 e. The predicted molar refractivity (Wildman–Crippen MR) is 40.0 cm³/mol. The zero-order valence-corrected chi connectivity index (χ0v) is 12.9. The Kier molecular flexibility index (Phi) is 52.4. The van der Waals surface area contributed by atoms with E-state index in [2.05, 4.69) is 4.42 Å². The summed E-state index contributed by atoms with van der Waals surface area (Å²) in [7, 11) is -1.41. The number of rotatable bonds is 1. The monoisotopic (exact) mass is 300 g/mol. The maximum atomic E-state index is 8.41. The molecule has 0 fully saturated rings. The molecular formula is C4H5BCl4Mg2O3. The molecule has 0 aromatic carbocycles. The molecule has 0 radical (unpaired) electrons. The SMILES string of the molecule is OB(O)c1ccoc1.[Cl-].[Cl-].[Cl-].[Cl-].[Mg+2].[Mg+2]. The van der Waals surface area contributed by atoms with Crippen molar-refractivity contribution in [3.8, 4) is 0 Å². The Bertz CT molecular complexity index is 166. The molecule has 0 aliphatic rings. The van der Waals surface area contributed by atoms with Gasteiger partial charge in [0, 0.05) is 5.46 Å². The van der Waals surface area contributed by atoms with Gasteiger partial charge in [-0.3, -0.25) is 0 Å². The van der Waals surface area contributed by atoms with E-state index in [1.807, 2.05) is 0 Å². The van der Waals surface area contributed by atoms with Gasteiger partial charge in [0.15, 0.2) is 0 Å². The second-order valence-electron chi connectivity index (χ2n) is 1.43. The summed E-state index contributed by atoms with van der Waals surface area (Å²) in [6, 6.07) is 1.49. The normalized spacial score (nSPS) is 5.29. The first kappa shape index (κ1) is 36.0. The van der Waals surface area contributed by atoms with Crippen LogP contribution in [0.15, 0.2) is 23.0 Å². The molecule has 1 aromatic rings. The third-order valence-corrected chi connectivity index (χ3v) is 0.841. The Balaban J connectivity index is -0.0000000267. The first-order valence-corrected chi connectivity index (χ1v) is 2.19. The molecule has 0 unspecified atom stereocenters. The van der Waals surface area contributed by atoms with Gasteiger partial charge < -0.3 is 64.1 Å². The molecule has 1 aromatic heterocycles. The van der Waals surface area contributed by atoms with E-state index in [0.29, 0.717) is 5.46 Å². The molecule has 0 saturated carbocycles. The zero-order chi connectivity index (χ0) is 5.98. The summed E-state index contributed by atoms with van der Waals surface area (Å²) in [6.07, 6.45) is 2.67. The van der Waals surface area contributed by atoms with Gasteiger partial charge in [-0.15, -0.1) is 0 Å². The van der Waals surface area contributed by atoms with Gasteiger partial charge in [-0.05, 0) is 6.07 Å². The third-order valence-electron chi connectivity index (χ3n) is 0.841. The van der Waals surface area contributed by atoms with Crippen LogP contribution in [0, 0.1) is 0 Å². The van der Waals surface area contributed by atoms with Gasteiger partial charge in [0.1, 0.15) is 0 Å². The minimum atomic E-state index is -1.41. The minimum Gasteiger partial charge on any atom is -1.00 e. The Morgan fingerprint density at radius 2 is 1.43 bits per heavy atom. The Morgan fingerprint density at radius 1 is 1.00 bits per heavy atom. The van der Waals surface area contributed by atoms with Crippen LogP contribution in [-0.2, 0) is 0 Å². The van der Waals surface area contributed by atoms with Crippen molar-refractivity contribution in [1.29, 1.82) is 0 Å². The molecule has 0 amide bonds. The summed E-state index contributed by atoms with van der Waals surface area (Å²) in [5, 5.41) is 16.8. The molecule has 0 spiro atoms. The van der Waals surface area contributed by atoms with Crippen molar-refractivity contribution in [1.82, 2.24) is 0 Å². The second kappa shape index (κ2) is 20.4. The number of hydrogen-bond acceptors (Lipinski definition) is 3. The predicted octanol–water partition coefficient (Wildman–Crippen LogP) is -13.8. The van der Waals surface area contributed by atoms with E-state index in [-0.39, 0.29) is 95.7 Å². The van der Waals surface area contributed by atoms with Crippen molar-refractivity contribution in [2.24, 2.45) is 0 Å². The van der Waals surface area contributed by atoms with Crippen LogP contribution in [-0.4, -0.2) is 63.3 Å². The minimum absolute atomic E-state index is 0. The van der Waals surface area contributed by atoms with Gasteiger partial charge in [-0.2, -0.15) is 0 Å². The van der Waals surface area contributed by atoms with Crippen molar-refractivity contribution < 1.29 is 64.1 Å². The number of furan rings is 1. The van der Waals surface area contributed by atoms with Gasteiger partial charge in [0.25, 0.3) is 0 Å². The summed E-state index contributed by atoms with van der Waals surface area (Å²) in [4.78, 5) is 0. The first-order chi connectivity index (χ1) is 3.80. The molecule has 0 atom stereocenters. The first-order valence-electron chi connectivity index (χ1n) is 2.19. The van der Waals surface area contributed by atoms with Gasteiger partial charge in [0.05, 0.1) is 12.5 Å². The van der Waals surface area contributed by atoms with E-state index < -0.39 is 7.12 Å². The van der Waals surface area contributed by atoms with E-state index in [0.717, 1.165) is 0 Å². The molecule has 1 heterocycles. The van der Waals surface area contributed by atoms with Crippen LogP contribution in [0.2, 0.25) is 0 Å².